The Labute approximate surface area is 115 Å². The third-order valence-electron chi connectivity index (χ3n) is 2.86. The molecule has 7 heteroatoms. The van der Waals surface area contributed by atoms with Crippen molar-refractivity contribution in [2.24, 2.45) is 0 Å². The number of aryl methyl sites for hydroxylation is 1. The maximum absolute atomic E-state index is 11.8. The standard InChI is InChI=1S/C13H14N4O3/c1-8-15-12(17-16-8)13(18)14-7-9-2-3-10-11(6-9)20-5-4-19-10/h2-3,6H,4-5,7H2,1H3,(H,14,18)(H,15,16,17). The number of H-pyrrole nitrogens is 1. The molecule has 2 heterocycles. The first kappa shape index (κ1) is 12.5. The van der Waals surface area contributed by atoms with E-state index in [1.165, 1.54) is 0 Å². The van der Waals surface area contributed by atoms with Gasteiger partial charge in [0, 0.05) is 6.54 Å². The van der Waals surface area contributed by atoms with E-state index in [0.29, 0.717) is 31.3 Å². The van der Waals surface area contributed by atoms with Gasteiger partial charge < -0.3 is 14.8 Å². The summed E-state index contributed by atoms with van der Waals surface area (Å²) in [6, 6.07) is 5.59. The number of hydrogen-bond donors (Lipinski definition) is 2. The van der Waals surface area contributed by atoms with Crippen molar-refractivity contribution in [3.8, 4) is 11.5 Å². The number of rotatable bonds is 3. The van der Waals surface area contributed by atoms with Gasteiger partial charge in [0.2, 0.25) is 5.82 Å². The summed E-state index contributed by atoms with van der Waals surface area (Å²) < 4.78 is 10.9. The zero-order valence-corrected chi connectivity index (χ0v) is 11.0. The first-order chi connectivity index (χ1) is 9.72. The summed E-state index contributed by atoms with van der Waals surface area (Å²) in [5.41, 5.74) is 0.926. The first-order valence-electron chi connectivity index (χ1n) is 6.28. The molecule has 0 saturated carbocycles. The molecule has 2 N–H and O–H groups in total. The van der Waals surface area contributed by atoms with Gasteiger partial charge in [0.1, 0.15) is 19.0 Å². The predicted molar refractivity (Wildman–Crippen MR) is 69.7 cm³/mol. The first-order valence-corrected chi connectivity index (χ1v) is 6.28. The van der Waals surface area contributed by atoms with Gasteiger partial charge >= 0.3 is 0 Å². The minimum absolute atomic E-state index is 0.139. The Kier molecular flexibility index (Phi) is 3.24. The fourth-order valence-electron chi connectivity index (χ4n) is 1.90. The molecule has 2 aromatic rings. The van der Waals surface area contributed by atoms with Crippen LogP contribution in [0.3, 0.4) is 0 Å². The van der Waals surface area contributed by atoms with Crippen LogP contribution >= 0.6 is 0 Å². The largest absolute Gasteiger partial charge is 0.486 e. The highest BCUT2D eigenvalue weighted by atomic mass is 16.6. The van der Waals surface area contributed by atoms with E-state index in [1.807, 2.05) is 18.2 Å². The number of aromatic nitrogens is 3. The summed E-state index contributed by atoms with van der Waals surface area (Å²) in [7, 11) is 0. The maximum Gasteiger partial charge on any atom is 0.291 e. The van der Waals surface area contributed by atoms with Crippen LogP contribution in [0.5, 0.6) is 11.5 Å². The molecule has 0 saturated heterocycles. The topological polar surface area (TPSA) is 89.1 Å². The van der Waals surface area contributed by atoms with E-state index in [9.17, 15) is 4.79 Å². The van der Waals surface area contributed by atoms with Crippen molar-refractivity contribution in [3.05, 3.63) is 35.4 Å². The van der Waals surface area contributed by atoms with Gasteiger partial charge in [0.25, 0.3) is 5.91 Å². The molecule has 0 fully saturated rings. The fourth-order valence-corrected chi connectivity index (χ4v) is 1.90. The summed E-state index contributed by atoms with van der Waals surface area (Å²) in [5.74, 6) is 1.87. The Hall–Kier alpha value is -2.57. The van der Waals surface area contributed by atoms with Gasteiger partial charge in [-0.15, -0.1) is 5.10 Å². The number of carbonyl (C=O) groups excluding carboxylic acids is 1. The molecule has 1 aliphatic rings. The molecular formula is C13H14N4O3. The average molecular weight is 274 g/mol. The molecule has 104 valence electrons. The van der Waals surface area contributed by atoms with Crippen LogP contribution < -0.4 is 14.8 Å². The number of nitrogens with zero attached hydrogens (tertiary/aromatic N) is 2. The Morgan fingerprint density at radius 2 is 2.15 bits per heavy atom. The van der Waals surface area contributed by atoms with E-state index in [0.717, 1.165) is 11.3 Å². The molecule has 0 aliphatic carbocycles. The van der Waals surface area contributed by atoms with Crippen LogP contribution in [0, 0.1) is 6.92 Å². The lowest BCUT2D eigenvalue weighted by Gasteiger charge is -2.18. The molecule has 1 amide bonds. The molecule has 0 unspecified atom stereocenters. The third kappa shape index (κ3) is 2.56. The van der Waals surface area contributed by atoms with Crippen LogP contribution in [0.2, 0.25) is 0 Å². The second kappa shape index (κ2) is 5.20. The van der Waals surface area contributed by atoms with Gasteiger partial charge in [-0.1, -0.05) is 6.07 Å². The van der Waals surface area contributed by atoms with E-state index >= 15 is 0 Å². The van der Waals surface area contributed by atoms with Crippen LogP contribution in [0.25, 0.3) is 0 Å². The molecule has 0 spiro atoms. The number of amides is 1. The highest BCUT2D eigenvalue weighted by molar-refractivity contribution is 5.90. The molecule has 1 aromatic carbocycles. The molecule has 0 bridgehead atoms. The van der Waals surface area contributed by atoms with Crippen molar-refractivity contribution in [3.63, 3.8) is 0 Å². The Balaban J connectivity index is 1.65. The number of carbonyl (C=O) groups is 1. The Morgan fingerprint density at radius 1 is 1.35 bits per heavy atom. The minimum atomic E-state index is -0.316. The number of fused-ring (bicyclic) bond motifs is 1. The molecule has 1 aliphatic heterocycles. The molecule has 7 nitrogen and oxygen atoms in total. The molecule has 20 heavy (non-hydrogen) atoms. The number of aromatic amines is 1. The third-order valence-corrected chi connectivity index (χ3v) is 2.86. The SMILES string of the molecule is Cc1nc(C(=O)NCc2ccc3c(c2)OCCO3)n[nH]1. The molecular weight excluding hydrogens is 260 g/mol. The zero-order chi connectivity index (χ0) is 13.9. The lowest BCUT2D eigenvalue weighted by atomic mass is 10.2. The van der Waals surface area contributed by atoms with Crippen LogP contribution in [0.1, 0.15) is 22.0 Å². The highest BCUT2D eigenvalue weighted by Crippen LogP contribution is 2.30. The van der Waals surface area contributed by atoms with Crippen molar-refractivity contribution >= 4 is 5.91 Å². The molecule has 0 atom stereocenters. The van der Waals surface area contributed by atoms with Gasteiger partial charge in [-0.2, -0.15) is 0 Å². The summed E-state index contributed by atoms with van der Waals surface area (Å²) in [4.78, 5) is 15.8. The smallest absolute Gasteiger partial charge is 0.291 e. The second-order valence-corrected chi connectivity index (χ2v) is 4.41. The predicted octanol–water partition coefficient (Wildman–Crippen LogP) is 0.814. The lowest BCUT2D eigenvalue weighted by molar-refractivity contribution is 0.0940. The second-order valence-electron chi connectivity index (χ2n) is 4.41. The van der Waals surface area contributed by atoms with Crippen molar-refractivity contribution in [2.45, 2.75) is 13.5 Å². The summed E-state index contributed by atoms with van der Waals surface area (Å²) in [6.07, 6.45) is 0. The van der Waals surface area contributed by atoms with Crippen molar-refractivity contribution < 1.29 is 14.3 Å². The van der Waals surface area contributed by atoms with Gasteiger partial charge in [-0.3, -0.25) is 9.89 Å². The Morgan fingerprint density at radius 3 is 2.90 bits per heavy atom. The van der Waals surface area contributed by atoms with E-state index in [4.69, 9.17) is 9.47 Å². The fraction of sp³-hybridized carbons (Fsp3) is 0.308. The molecule has 1 aromatic heterocycles. The van der Waals surface area contributed by atoms with E-state index in [1.54, 1.807) is 6.92 Å². The van der Waals surface area contributed by atoms with Gasteiger partial charge in [0.15, 0.2) is 11.5 Å². The monoisotopic (exact) mass is 274 g/mol. The van der Waals surface area contributed by atoms with E-state index in [2.05, 4.69) is 20.5 Å². The maximum atomic E-state index is 11.8. The van der Waals surface area contributed by atoms with Crippen molar-refractivity contribution in [2.75, 3.05) is 13.2 Å². The lowest BCUT2D eigenvalue weighted by Crippen LogP contribution is -2.24. The quantitative estimate of drug-likeness (QED) is 0.864. The minimum Gasteiger partial charge on any atom is -0.486 e. The van der Waals surface area contributed by atoms with Crippen LogP contribution in [-0.4, -0.2) is 34.3 Å². The van der Waals surface area contributed by atoms with E-state index in [-0.39, 0.29) is 11.7 Å². The molecule has 0 radical (unpaired) electrons. The van der Waals surface area contributed by atoms with Crippen LogP contribution in [-0.2, 0) is 6.54 Å². The number of hydrogen-bond acceptors (Lipinski definition) is 5. The van der Waals surface area contributed by atoms with Crippen LogP contribution in [0.4, 0.5) is 0 Å². The van der Waals surface area contributed by atoms with Gasteiger partial charge in [0.05, 0.1) is 0 Å². The number of ether oxygens (including phenoxy) is 2. The highest BCUT2D eigenvalue weighted by Gasteiger charge is 2.13. The van der Waals surface area contributed by atoms with E-state index < -0.39 is 0 Å². The van der Waals surface area contributed by atoms with Crippen LogP contribution in [0.15, 0.2) is 18.2 Å². The Bertz CT molecular complexity index is 638. The summed E-state index contributed by atoms with van der Waals surface area (Å²) >= 11 is 0. The zero-order valence-electron chi connectivity index (χ0n) is 11.0. The number of benzene rings is 1. The van der Waals surface area contributed by atoms with Gasteiger partial charge in [-0.25, -0.2) is 4.98 Å². The van der Waals surface area contributed by atoms with Crippen molar-refractivity contribution in [1.29, 1.82) is 0 Å². The normalized spacial score (nSPS) is 13.1. The van der Waals surface area contributed by atoms with Gasteiger partial charge in [-0.05, 0) is 24.6 Å². The molecule has 3 rings (SSSR count). The number of nitrogens with one attached hydrogen (secondary N) is 2. The summed E-state index contributed by atoms with van der Waals surface area (Å²) in [5, 5.41) is 9.19. The average Bonchev–Trinajstić information content (AvgIpc) is 2.91. The summed E-state index contributed by atoms with van der Waals surface area (Å²) in [6.45, 7) is 3.22. The van der Waals surface area contributed by atoms with Crippen molar-refractivity contribution in [1.82, 2.24) is 20.5 Å².